The number of benzene rings is 1. The van der Waals surface area contributed by atoms with Gasteiger partial charge in [-0.1, -0.05) is 31.2 Å². The number of carbonyl (C=O) groups is 4. The van der Waals surface area contributed by atoms with E-state index in [1.54, 1.807) is 58.0 Å². The standard InChI is InChI=1S/C22H24N2O5/c1-21(2,3)29-20(28)23-12-22(4)15(18(23)26)11-10-14-16(22)19(27)24(17(14)25)13-8-6-5-7-9-13/h5-9,11,14,16H,10,12H2,1-4H3/t14-,16?,22+/m1/s1. The van der Waals surface area contributed by atoms with E-state index in [9.17, 15) is 19.2 Å². The first-order chi connectivity index (χ1) is 13.5. The molecule has 7 heteroatoms. The predicted molar refractivity (Wildman–Crippen MR) is 105 cm³/mol. The molecule has 3 aliphatic rings. The Morgan fingerprint density at radius 2 is 1.76 bits per heavy atom. The molecule has 1 aromatic rings. The number of rotatable bonds is 1. The lowest BCUT2D eigenvalue weighted by molar-refractivity contribution is -0.125. The van der Waals surface area contributed by atoms with Gasteiger partial charge in [-0.2, -0.15) is 0 Å². The first-order valence-electron chi connectivity index (χ1n) is 9.73. The summed E-state index contributed by atoms with van der Waals surface area (Å²) in [4.78, 5) is 54.2. The highest BCUT2D eigenvalue weighted by molar-refractivity contribution is 6.23. The minimum absolute atomic E-state index is 0.0232. The van der Waals surface area contributed by atoms with Crippen molar-refractivity contribution in [3.05, 3.63) is 42.0 Å². The SMILES string of the molecule is CC(C)(C)OC(=O)N1C[C@@]2(C)C(=CC[C@H]3C(=O)N(c4ccccc4)C(=O)C32)C1=O. The van der Waals surface area contributed by atoms with Crippen LogP contribution in [0.2, 0.25) is 0 Å². The molecule has 0 bridgehead atoms. The summed E-state index contributed by atoms with van der Waals surface area (Å²) < 4.78 is 5.37. The maximum absolute atomic E-state index is 13.3. The van der Waals surface area contributed by atoms with Gasteiger partial charge in [-0.25, -0.2) is 9.69 Å². The molecule has 3 atom stereocenters. The Morgan fingerprint density at radius 3 is 2.38 bits per heavy atom. The number of ether oxygens (including phenoxy) is 1. The zero-order chi connectivity index (χ0) is 21.1. The molecule has 4 rings (SSSR count). The van der Waals surface area contributed by atoms with Gasteiger partial charge in [0.2, 0.25) is 11.8 Å². The highest BCUT2D eigenvalue weighted by atomic mass is 16.6. The number of carbonyl (C=O) groups excluding carboxylic acids is 4. The van der Waals surface area contributed by atoms with Crippen molar-refractivity contribution < 1.29 is 23.9 Å². The molecule has 29 heavy (non-hydrogen) atoms. The summed E-state index contributed by atoms with van der Waals surface area (Å²) in [6.45, 7) is 7.00. The van der Waals surface area contributed by atoms with Crippen molar-refractivity contribution in [2.45, 2.75) is 39.7 Å². The summed E-state index contributed by atoms with van der Waals surface area (Å²) in [6, 6.07) is 8.79. The van der Waals surface area contributed by atoms with E-state index < -0.39 is 34.9 Å². The van der Waals surface area contributed by atoms with Crippen LogP contribution in [0.15, 0.2) is 42.0 Å². The number of hydrogen-bond donors (Lipinski definition) is 0. The zero-order valence-corrected chi connectivity index (χ0v) is 17.0. The summed E-state index contributed by atoms with van der Waals surface area (Å²) in [5.74, 6) is -2.25. The number of fused-ring (bicyclic) bond motifs is 3. The second-order valence-corrected chi connectivity index (χ2v) is 9.07. The van der Waals surface area contributed by atoms with E-state index in [4.69, 9.17) is 4.74 Å². The maximum atomic E-state index is 13.3. The second-order valence-electron chi connectivity index (χ2n) is 9.07. The fraction of sp³-hybridized carbons (Fsp3) is 0.455. The van der Waals surface area contributed by atoms with Crippen LogP contribution >= 0.6 is 0 Å². The summed E-state index contributed by atoms with van der Waals surface area (Å²) in [7, 11) is 0. The van der Waals surface area contributed by atoms with Crippen LogP contribution in [0.5, 0.6) is 0 Å². The molecule has 152 valence electrons. The van der Waals surface area contributed by atoms with Crippen LogP contribution in [-0.4, -0.2) is 40.9 Å². The van der Waals surface area contributed by atoms with Crippen LogP contribution in [0.25, 0.3) is 0 Å². The molecule has 4 amide bonds. The van der Waals surface area contributed by atoms with Crippen molar-refractivity contribution in [2.75, 3.05) is 11.4 Å². The van der Waals surface area contributed by atoms with Gasteiger partial charge < -0.3 is 4.74 Å². The molecule has 2 heterocycles. The maximum Gasteiger partial charge on any atom is 0.417 e. The van der Waals surface area contributed by atoms with Gasteiger partial charge in [-0.3, -0.25) is 19.3 Å². The smallest absolute Gasteiger partial charge is 0.417 e. The Morgan fingerprint density at radius 1 is 1.10 bits per heavy atom. The number of anilines is 1. The summed E-state index contributed by atoms with van der Waals surface area (Å²) in [5, 5.41) is 0. The van der Waals surface area contributed by atoms with Crippen LogP contribution in [0.4, 0.5) is 10.5 Å². The molecule has 1 aliphatic carbocycles. The first-order valence-corrected chi connectivity index (χ1v) is 9.73. The van der Waals surface area contributed by atoms with Crippen LogP contribution in [0, 0.1) is 17.3 Å². The Bertz CT molecular complexity index is 946. The van der Waals surface area contributed by atoms with Crippen molar-refractivity contribution in [1.82, 2.24) is 4.90 Å². The molecule has 1 unspecified atom stereocenters. The topological polar surface area (TPSA) is 84.0 Å². The lowest BCUT2D eigenvalue weighted by atomic mass is 9.64. The lowest BCUT2D eigenvalue weighted by Crippen LogP contribution is -2.43. The molecular weight excluding hydrogens is 372 g/mol. The molecular formula is C22H24N2O5. The van der Waals surface area contributed by atoms with Crippen molar-refractivity contribution in [2.24, 2.45) is 17.3 Å². The van der Waals surface area contributed by atoms with E-state index in [2.05, 4.69) is 0 Å². The fourth-order valence-electron chi connectivity index (χ4n) is 4.68. The summed E-state index contributed by atoms with van der Waals surface area (Å²) >= 11 is 0. The first kappa shape index (κ1) is 19.4. The Balaban J connectivity index is 1.68. The van der Waals surface area contributed by atoms with E-state index in [0.29, 0.717) is 17.7 Å². The average molecular weight is 396 g/mol. The van der Waals surface area contributed by atoms with E-state index >= 15 is 0 Å². The van der Waals surface area contributed by atoms with Gasteiger partial charge in [0, 0.05) is 17.5 Å². The van der Waals surface area contributed by atoms with Crippen molar-refractivity contribution in [1.29, 1.82) is 0 Å². The van der Waals surface area contributed by atoms with E-state index in [1.165, 1.54) is 4.90 Å². The number of hydrogen-bond acceptors (Lipinski definition) is 5. The normalized spacial score (nSPS) is 29.0. The molecule has 2 fully saturated rings. The minimum Gasteiger partial charge on any atom is -0.443 e. The molecule has 2 saturated heterocycles. The Kier molecular flexibility index (Phi) is 4.19. The van der Waals surface area contributed by atoms with E-state index in [0.717, 1.165) is 4.90 Å². The predicted octanol–water partition coefficient (Wildman–Crippen LogP) is 2.91. The number of allylic oxidation sites excluding steroid dienone is 1. The van der Waals surface area contributed by atoms with Gasteiger partial charge in [0.1, 0.15) is 5.60 Å². The number of para-hydroxylation sites is 1. The summed E-state index contributed by atoms with van der Waals surface area (Å²) in [5.41, 5.74) is -0.727. The van der Waals surface area contributed by atoms with Gasteiger partial charge in [0.05, 0.1) is 17.5 Å². The van der Waals surface area contributed by atoms with Gasteiger partial charge in [0.15, 0.2) is 0 Å². The Hall–Kier alpha value is -2.96. The largest absolute Gasteiger partial charge is 0.443 e. The van der Waals surface area contributed by atoms with Crippen molar-refractivity contribution in [3.63, 3.8) is 0 Å². The van der Waals surface area contributed by atoms with Crippen molar-refractivity contribution in [3.8, 4) is 0 Å². The third kappa shape index (κ3) is 2.87. The van der Waals surface area contributed by atoms with Gasteiger partial charge in [0.25, 0.3) is 5.91 Å². The molecule has 0 radical (unpaired) electrons. The molecule has 0 spiro atoms. The molecule has 0 saturated carbocycles. The van der Waals surface area contributed by atoms with Crippen LogP contribution < -0.4 is 4.90 Å². The van der Waals surface area contributed by atoms with Crippen LogP contribution in [-0.2, 0) is 19.1 Å². The highest BCUT2D eigenvalue weighted by Crippen LogP contribution is 2.54. The Labute approximate surface area is 169 Å². The average Bonchev–Trinajstić information content (AvgIpc) is 3.06. The number of amides is 4. The second kappa shape index (κ2) is 6.27. The van der Waals surface area contributed by atoms with Gasteiger partial charge in [-0.05, 0) is 39.3 Å². The minimum atomic E-state index is -0.923. The molecule has 2 aliphatic heterocycles. The van der Waals surface area contributed by atoms with Crippen molar-refractivity contribution >= 4 is 29.5 Å². The molecule has 1 aromatic carbocycles. The van der Waals surface area contributed by atoms with Crippen LogP contribution in [0.3, 0.4) is 0 Å². The highest BCUT2D eigenvalue weighted by Gasteiger charge is 2.63. The molecule has 0 aromatic heterocycles. The van der Waals surface area contributed by atoms with Gasteiger partial charge in [-0.15, -0.1) is 0 Å². The fourth-order valence-corrected chi connectivity index (χ4v) is 4.68. The van der Waals surface area contributed by atoms with Gasteiger partial charge >= 0.3 is 6.09 Å². The monoisotopic (exact) mass is 396 g/mol. The third-order valence-electron chi connectivity index (χ3n) is 5.89. The third-order valence-corrected chi connectivity index (χ3v) is 5.89. The summed E-state index contributed by atoms with van der Waals surface area (Å²) in [6.07, 6.45) is 1.29. The quantitative estimate of drug-likeness (QED) is 0.682. The number of likely N-dealkylation sites (tertiary alicyclic amines) is 1. The van der Waals surface area contributed by atoms with E-state index in [-0.39, 0.29) is 18.4 Å². The number of nitrogens with zero attached hydrogens (tertiary/aromatic N) is 2. The lowest BCUT2D eigenvalue weighted by Gasteiger charge is -2.35. The molecule has 7 nitrogen and oxygen atoms in total. The molecule has 0 N–H and O–H groups in total. The number of imide groups is 2. The van der Waals surface area contributed by atoms with E-state index in [1.807, 2.05) is 6.07 Å². The van der Waals surface area contributed by atoms with Crippen LogP contribution in [0.1, 0.15) is 34.1 Å². The zero-order valence-electron chi connectivity index (χ0n) is 17.0.